The lowest BCUT2D eigenvalue weighted by atomic mass is 9.89. The number of carbonyl (C=O) groups is 2. The average molecular weight is 729 g/mol. The second-order valence-corrected chi connectivity index (χ2v) is 11.3. The fraction of sp³-hybridized carbons (Fsp3) is 0.594. The van der Waals surface area contributed by atoms with Crippen LogP contribution in [0.25, 0.3) is 0 Å². The number of ether oxygens (including phenoxy) is 1. The molecular weight excluding hydrogens is 687 g/mol. The smallest absolute Gasteiger partial charge is 0.416 e. The van der Waals surface area contributed by atoms with Crippen LogP contribution in [0.2, 0.25) is 0 Å². The third-order valence-electron chi connectivity index (χ3n) is 7.89. The Kier molecular flexibility index (Phi) is 14.5. The molecule has 3 rings (SSSR count). The number of allylic oxidation sites excluding steroid dienone is 3. The van der Waals surface area contributed by atoms with E-state index in [4.69, 9.17) is 0 Å². The number of halogens is 9. The van der Waals surface area contributed by atoms with E-state index in [1.165, 1.54) is 38.8 Å². The Morgan fingerprint density at radius 2 is 1.72 bits per heavy atom. The van der Waals surface area contributed by atoms with Gasteiger partial charge in [-0.05, 0) is 73.4 Å². The number of esters is 1. The maximum absolute atomic E-state index is 14.2. The Morgan fingerprint density at radius 3 is 2.22 bits per heavy atom. The molecule has 0 aliphatic carbocycles. The Labute approximate surface area is 284 Å². The molecule has 1 unspecified atom stereocenters. The van der Waals surface area contributed by atoms with E-state index in [1.807, 2.05) is 13.8 Å². The highest BCUT2D eigenvalue weighted by Crippen LogP contribution is 2.42. The van der Waals surface area contributed by atoms with Gasteiger partial charge in [-0.25, -0.2) is 4.79 Å². The van der Waals surface area contributed by atoms with E-state index in [0.717, 1.165) is 16.8 Å². The lowest BCUT2D eigenvalue weighted by Gasteiger charge is -2.37. The summed E-state index contributed by atoms with van der Waals surface area (Å²) in [4.78, 5) is 28.9. The molecule has 50 heavy (non-hydrogen) atoms. The highest BCUT2D eigenvalue weighted by atomic mass is 19.4. The third kappa shape index (κ3) is 10.9. The van der Waals surface area contributed by atoms with Crippen LogP contribution in [0.1, 0.15) is 75.1 Å². The standard InChI is InChI=1S/C30H35F9N6O3.C2H6/c1-6-21(29(34,35)36)15-19(9-11-28(31,32)33)10-13-44(27-40-42-43(4)41-27)22-8-7-12-45(25(46)26(47)48-5)24-18(3)23(30(37,38)39)17(2)14-20(24)16-22;1-2/h9,14-15,22H,6-8,10-13,16H2,1-5H3;1-2H3/b19-9-,21-15+;. The average Bonchev–Trinajstić information content (AvgIpc) is 3.43. The van der Waals surface area contributed by atoms with E-state index in [2.05, 4.69) is 20.1 Å². The van der Waals surface area contributed by atoms with Crippen LogP contribution in [0.15, 0.2) is 29.4 Å². The number of hydrogen-bond acceptors (Lipinski definition) is 7. The highest BCUT2D eigenvalue weighted by Gasteiger charge is 2.40. The van der Waals surface area contributed by atoms with Crippen molar-refractivity contribution >= 4 is 23.5 Å². The second kappa shape index (κ2) is 17.2. The molecule has 2 aromatic rings. The molecule has 0 spiro atoms. The summed E-state index contributed by atoms with van der Waals surface area (Å²) in [5.74, 6) is -2.47. The fourth-order valence-corrected chi connectivity index (χ4v) is 5.82. The summed E-state index contributed by atoms with van der Waals surface area (Å²) in [5.41, 5.74) is -2.62. The summed E-state index contributed by atoms with van der Waals surface area (Å²) in [6, 6.07) is 0.581. The van der Waals surface area contributed by atoms with Gasteiger partial charge in [-0.3, -0.25) is 4.79 Å². The van der Waals surface area contributed by atoms with Gasteiger partial charge < -0.3 is 14.5 Å². The predicted octanol–water partition coefficient (Wildman–Crippen LogP) is 7.76. The van der Waals surface area contributed by atoms with Gasteiger partial charge in [-0.2, -0.15) is 44.3 Å². The van der Waals surface area contributed by atoms with Crippen LogP contribution in [0.4, 0.5) is 51.1 Å². The quantitative estimate of drug-likeness (QED) is 0.119. The summed E-state index contributed by atoms with van der Waals surface area (Å²) >= 11 is 0. The minimum absolute atomic E-state index is 0.0156. The van der Waals surface area contributed by atoms with Crippen LogP contribution in [0.3, 0.4) is 0 Å². The van der Waals surface area contributed by atoms with Crippen LogP contribution < -0.4 is 9.80 Å². The normalized spacial score (nSPS) is 16.2. The van der Waals surface area contributed by atoms with Crippen molar-refractivity contribution in [2.45, 2.75) is 97.7 Å². The molecule has 0 N–H and O–H groups in total. The van der Waals surface area contributed by atoms with Crippen molar-refractivity contribution in [1.82, 2.24) is 20.2 Å². The third-order valence-corrected chi connectivity index (χ3v) is 7.89. The monoisotopic (exact) mass is 728 g/mol. The summed E-state index contributed by atoms with van der Waals surface area (Å²) in [5, 5.41) is 12.0. The summed E-state index contributed by atoms with van der Waals surface area (Å²) < 4.78 is 127. The second-order valence-electron chi connectivity index (χ2n) is 11.3. The van der Waals surface area contributed by atoms with Gasteiger partial charge in [0.15, 0.2) is 0 Å². The molecule has 1 amide bonds. The number of anilines is 2. The first-order chi connectivity index (χ1) is 23.2. The van der Waals surface area contributed by atoms with Crippen molar-refractivity contribution in [3.05, 3.63) is 51.6 Å². The van der Waals surface area contributed by atoms with Gasteiger partial charge in [-0.1, -0.05) is 44.1 Å². The largest absolute Gasteiger partial charge is 0.462 e. The zero-order chi connectivity index (χ0) is 38.2. The number of carbonyl (C=O) groups excluding carboxylic acids is 2. The zero-order valence-electron chi connectivity index (χ0n) is 28.8. The van der Waals surface area contributed by atoms with E-state index in [-0.39, 0.29) is 72.7 Å². The first kappa shape index (κ1) is 42.0. The number of amides is 1. The molecule has 0 radical (unpaired) electrons. The van der Waals surface area contributed by atoms with Gasteiger partial charge in [0.05, 0.1) is 31.8 Å². The van der Waals surface area contributed by atoms with Gasteiger partial charge in [0.2, 0.25) is 0 Å². The molecule has 0 saturated heterocycles. The Hall–Kier alpha value is -4.12. The minimum atomic E-state index is -4.80. The number of alkyl halides is 9. The van der Waals surface area contributed by atoms with Crippen LogP contribution in [-0.2, 0) is 34.0 Å². The maximum Gasteiger partial charge on any atom is 0.416 e. The number of aromatic nitrogens is 4. The molecule has 0 saturated carbocycles. The number of nitrogens with zero attached hydrogens (tertiary/aromatic N) is 6. The van der Waals surface area contributed by atoms with Crippen molar-refractivity contribution in [1.29, 1.82) is 0 Å². The van der Waals surface area contributed by atoms with E-state index >= 15 is 0 Å². The van der Waals surface area contributed by atoms with Gasteiger partial charge >= 0.3 is 30.4 Å². The van der Waals surface area contributed by atoms with Crippen molar-refractivity contribution in [2.75, 3.05) is 30.0 Å². The molecule has 280 valence electrons. The number of hydrogen-bond donors (Lipinski definition) is 0. The molecule has 9 nitrogen and oxygen atoms in total. The SMILES string of the molecule is CC.CC/C(=C\C(=C/CC(F)(F)F)CCN(c1nnn(C)n1)C1CCCN(C(=O)C(=O)OC)c2c(cc(C)c(C(F)(F)F)c2C)C1)C(F)(F)F. The molecule has 1 aromatic heterocycles. The Morgan fingerprint density at radius 1 is 1.08 bits per heavy atom. The van der Waals surface area contributed by atoms with Gasteiger partial charge in [0.1, 0.15) is 0 Å². The van der Waals surface area contributed by atoms with E-state index in [0.29, 0.717) is 12.2 Å². The topological polar surface area (TPSA) is 93.5 Å². The lowest BCUT2D eigenvalue weighted by molar-refractivity contribution is -0.151. The molecular formula is C32H41F9N6O3. The van der Waals surface area contributed by atoms with Crippen molar-refractivity contribution in [2.24, 2.45) is 7.05 Å². The van der Waals surface area contributed by atoms with Crippen LogP contribution >= 0.6 is 0 Å². The molecule has 18 heteroatoms. The number of tetrazole rings is 1. The number of aryl methyl sites for hydroxylation is 2. The molecule has 2 heterocycles. The van der Waals surface area contributed by atoms with Crippen molar-refractivity contribution in [3.8, 4) is 0 Å². The van der Waals surface area contributed by atoms with Gasteiger partial charge in [0.25, 0.3) is 5.95 Å². The van der Waals surface area contributed by atoms with E-state index in [9.17, 15) is 49.1 Å². The first-order valence-electron chi connectivity index (χ1n) is 15.8. The number of rotatable bonds is 8. The molecule has 1 atom stereocenters. The van der Waals surface area contributed by atoms with Crippen LogP contribution in [-0.4, -0.2) is 70.7 Å². The maximum atomic E-state index is 14.2. The zero-order valence-corrected chi connectivity index (χ0v) is 28.8. The summed E-state index contributed by atoms with van der Waals surface area (Å²) in [6.07, 6.45) is -14.9. The molecule has 1 aromatic carbocycles. The molecule has 1 aliphatic rings. The molecule has 0 bridgehead atoms. The summed E-state index contributed by atoms with van der Waals surface area (Å²) in [6.45, 7) is 7.26. The minimum Gasteiger partial charge on any atom is -0.462 e. The van der Waals surface area contributed by atoms with E-state index in [1.54, 1.807) is 0 Å². The first-order valence-corrected chi connectivity index (χ1v) is 15.8. The van der Waals surface area contributed by atoms with Crippen LogP contribution in [0, 0.1) is 13.8 Å². The Balaban J connectivity index is 0.00000425. The van der Waals surface area contributed by atoms with Gasteiger partial charge in [-0.15, -0.1) is 5.10 Å². The number of fused-ring (bicyclic) bond motifs is 1. The molecule has 1 aliphatic heterocycles. The van der Waals surface area contributed by atoms with Crippen LogP contribution in [0.5, 0.6) is 0 Å². The highest BCUT2D eigenvalue weighted by molar-refractivity contribution is 6.38. The summed E-state index contributed by atoms with van der Waals surface area (Å²) in [7, 11) is 2.40. The predicted molar refractivity (Wildman–Crippen MR) is 167 cm³/mol. The lowest BCUT2D eigenvalue weighted by Crippen LogP contribution is -2.44. The molecule has 0 fully saturated rings. The Bertz CT molecular complexity index is 1550. The van der Waals surface area contributed by atoms with E-state index < -0.39 is 60.4 Å². The number of methoxy groups -OCH3 is 1. The van der Waals surface area contributed by atoms with Crippen molar-refractivity contribution in [3.63, 3.8) is 0 Å². The van der Waals surface area contributed by atoms with Crippen molar-refractivity contribution < 1.29 is 53.8 Å². The fourth-order valence-electron chi connectivity index (χ4n) is 5.82. The number of benzene rings is 1. The van der Waals surface area contributed by atoms with Gasteiger partial charge in [0, 0.05) is 24.7 Å².